The number of rotatable bonds is 5. The predicted octanol–water partition coefficient (Wildman–Crippen LogP) is 5.24. The average Bonchev–Trinajstić information content (AvgIpc) is 2.42. The van der Waals surface area contributed by atoms with Gasteiger partial charge in [0.1, 0.15) is 17.4 Å². The summed E-state index contributed by atoms with van der Waals surface area (Å²) in [6.45, 7) is -2.92. The fourth-order valence-corrected chi connectivity index (χ4v) is 2.52. The van der Waals surface area contributed by atoms with Gasteiger partial charge in [0, 0.05) is 10.4 Å². The molecule has 21 heavy (non-hydrogen) atoms. The van der Waals surface area contributed by atoms with Crippen molar-refractivity contribution in [2.45, 2.75) is 17.9 Å². The Labute approximate surface area is 127 Å². The molecular weight excluding hydrogens is 352 g/mol. The molecule has 0 fully saturated rings. The van der Waals surface area contributed by atoms with E-state index >= 15 is 0 Å². The van der Waals surface area contributed by atoms with Crippen LogP contribution < -0.4 is 4.74 Å². The van der Waals surface area contributed by atoms with Crippen molar-refractivity contribution >= 4 is 15.9 Å². The van der Waals surface area contributed by atoms with Gasteiger partial charge in [-0.25, -0.2) is 8.78 Å². The zero-order valence-corrected chi connectivity index (χ0v) is 12.3. The van der Waals surface area contributed by atoms with Crippen LogP contribution in [-0.4, -0.2) is 6.61 Å². The van der Waals surface area contributed by atoms with Gasteiger partial charge >= 0.3 is 6.61 Å². The van der Waals surface area contributed by atoms with Gasteiger partial charge < -0.3 is 4.74 Å². The van der Waals surface area contributed by atoms with E-state index in [0.29, 0.717) is 5.56 Å². The Morgan fingerprint density at radius 1 is 1.00 bits per heavy atom. The standard InChI is InChI=1S/C15H11BrF4O/c16-12(8-11-13(17)5-2-6-14(11)18)9-3-1-4-10(7-9)21-15(19)20/h1-7,12,15H,8H2. The second-order valence-corrected chi connectivity index (χ2v) is 5.43. The van der Waals surface area contributed by atoms with Gasteiger partial charge in [0.2, 0.25) is 0 Å². The van der Waals surface area contributed by atoms with Crippen LogP contribution in [0.15, 0.2) is 42.5 Å². The van der Waals surface area contributed by atoms with Gasteiger partial charge in [-0.05, 0) is 36.2 Å². The summed E-state index contributed by atoms with van der Waals surface area (Å²) >= 11 is 3.32. The van der Waals surface area contributed by atoms with E-state index in [-0.39, 0.29) is 17.7 Å². The van der Waals surface area contributed by atoms with E-state index in [1.54, 1.807) is 12.1 Å². The lowest BCUT2D eigenvalue weighted by Gasteiger charge is -2.13. The molecule has 1 atom stereocenters. The second-order valence-electron chi connectivity index (χ2n) is 4.32. The molecule has 0 spiro atoms. The van der Waals surface area contributed by atoms with Crippen LogP contribution in [-0.2, 0) is 6.42 Å². The first-order chi connectivity index (χ1) is 9.97. The molecule has 0 aliphatic rings. The lowest BCUT2D eigenvalue weighted by molar-refractivity contribution is -0.0498. The van der Waals surface area contributed by atoms with E-state index in [4.69, 9.17) is 0 Å². The van der Waals surface area contributed by atoms with Crippen molar-refractivity contribution < 1.29 is 22.3 Å². The zero-order valence-electron chi connectivity index (χ0n) is 10.7. The van der Waals surface area contributed by atoms with Gasteiger partial charge in [-0.1, -0.05) is 34.1 Å². The highest BCUT2D eigenvalue weighted by molar-refractivity contribution is 9.09. The van der Waals surface area contributed by atoms with E-state index < -0.39 is 23.1 Å². The number of hydrogen-bond donors (Lipinski definition) is 0. The van der Waals surface area contributed by atoms with Crippen LogP contribution in [0.5, 0.6) is 5.75 Å². The molecule has 0 saturated carbocycles. The molecule has 112 valence electrons. The summed E-state index contributed by atoms with van der Waals surface area (Å²) in [5.41, 5.74) is 0.537. The predicted molar refractivity (Wildman–Crippen MR) is 74.8 cm³/mol. The molecule has 0 N–H and O–H groups in total. The molecule has 2 aromatic rings. The molecule has 1 unspecified atom stereocenters. The molecule has 0 saturated heterocycles. The van der Waals surface area contributed by atoms with E-state index in [9.17, 15) is 17.6 Å². The molecular formula is C15H11BrF4O. The van der Waals surface area contributed by atoms with Crippen LogP contribution >= 0.6 is 15.9 Å². The maximum absolute atomic E-state index is 13.6. The summed E-state index contributed by atoms with van der Waals surface area (Å²) in [7, 11) is 0. The first-order valence-electron chi connectivity index (χ1n) is 6.09. The fraction of sp³-hybridized carbons (Fsp3) is 0.200. The minimum absolute atomic E-state index is 0.000885. The summed E-state index contributed by atoms with van der Waals surface area (Å²) in [5.74, 6) is -1.28. The van der Waals surface area contributed by atoms with Crippen LogP contribution in [0.3, 0.4) is 0 Å². The molecule has 6 heteroatoms. The minimum atomic E-state index is -2.92. The minimum Gasteiger partial charge on any atom is -0.435 e. The molecule has 0 aliphatic heterocycles. The maximum Gasteiger partial charge on any atom is 0.387 e. The molecule has 0 bridgehead atoms. The summed E-state index contributed by atoms with van der Waals surface area (Å²) in [4.78, 5) is -0.426. The average molecular weight is 363 g/mol. The molecule has 0 aromatic heterocycles. The third kappa shape index (κ3) is 4.20. The normalized spacial score (nSPS) is 12.5. The van der Waals surface area contributed by atoms with Gasteiger partial charge in [0.05, 0.1) is 0 Å². The van der Waals surface area contributed by atoms with Crippen LogP contribution in [0.4, 0.5) is 17.6 Å². The Morgan fingerprint density at radius 3 is 2.24 bits per heavy atom. The molecule has 0 heterocycles. The van der Waals surface area contributed by atoms with Crippen LogP contribution in [0.25, 0.3) is 0 Å². The number of benzene rings is 2. The summed E-state index contributed by atoms with van der Waals surface area (Å²) < 4.78 is 55.8. The first-order valence-corrected chi connectivity index (χ1v) is 7.00. The molecule has 1 nitrogen and oxygen atoms in total. The van der Waals surface area contributed by atoms with Gasteiger partial charge in [-0.2, -0.15) is 8.78 Å². The van der Waals surface area contributed by atoms with E-state index in [1.165, 1.54) is 30.3 Å². The topological polar surface area (TPSA) is 9.23 Å². The fourth-order valence-electron chi connectivity index (χ4n) is 1.91. The van der Waals surface area contributed by atoms with Crippen molar-refractivity contribution in [3.05, 3.63) is 65.2 Å². The van der Waals surface area contributed by atoms with Crippen LogP contribution in [0.2, 0.25) is 0 Å². The van der Waals surface area contributed by atoms with Crippen molar-refractivity contribution in [2.75, 3.05) is 0 Å². The van der Waals surface area contributed by atoms with E-state index in [1.807, 2.05) is 0 Å². The van der Waals surface area contributed by atoms with Crippen molar-refractivity contribution in [3.8, 4) is 5.75 Å². The second kappa shape index (κ2) is 6.93. The van der Waals surface area contributed by atoms with E-state index in [0.717, 1.165) is 0 Å². The molecule has 0 amide bonds. The third-order valence-corrected chi connectivity index (χ3v) is 3.74. The number of halogens is 5. The summed E-state index contributed by atoms with van der Waals surface area (Å²) in [6, 6.07) is 9.64. The lowest BCUT2D eigenvalue weighted by Crippen LogP contribution is -2.04. The summed E-state index contributed by atoms with van der Waals surface area (Å²) in [6.07, 6.45) is 0.0522. The number of alkyl halides is 3. The third-order valence-electron chi connectivity index (χ3n) is 2.89. The number of hydrogen-bond acceptors (Lipinski definition) is 1. The molecule has 0 aliphatic carbocycles. The van der Waals surface area contributed by atoms with Crippen LogP contribution in [0, 0.1) is 11.6 Å². The van der Waals surface area contributed by atoms with Crippen molar-refractivity contribution in [3.63, 3.8) is 0 Å². The Kier molecular flexibility index (Phi) is 5.22. The van der Waals surface area contributed by atoms with Gasteiger partial charge in [0.25, 0.3) is 0 Å². The highest BCUT2D eigenvalue weighted by Gasteiger charge is 2.16. The maximum atomic E-state index is 13.6. The zero-order chi connectivity index (χ0) is 15.4. The van der Waals surface area contributed by atoms with Crippen LogP contribution in [0.1, 0.15) is 16.0 Å². The molecule has 0 radical (unpaired) electrons. The monoisotopic (exact) mass is 362 g/mol. The van der Waals surface area contributed by atoms with Gasteiger partial charge in [0.15, 0.2) is 0 Å². The quantitative estimate of drug-likeness (QED) is 0.521. The van der Waals surface area contributed by atoms with Gasteiger partial charge in [-0.3, -0.25) is 0 Å². The number of ether oxygens (including phenoxy) is 1. The first kappa shape index (κ1) is 15.8. The van der Waals surface area contributed by atoms with E-state index in [2.05, 4.69) is 20.7 Å². The molecule has 2 rings (SSSR count). The lowest BCUT2D eigenvalue weighted by atomic mass is 10.0. The molecule has 2 aromatic carbocycles. The largest absolute Gasteiger partial charge is 0.435 e. The Bertz CT molecular complexity index is 598. The Hall–Kier alpha value is -1.56. The Morgan fingerprint density at radius 2 is 1.62 bits per heavy atom. The highest BCUT2D eigenvalue weighted by Crippen LogP contribution is 2.31. The Balaban J connectivity index is 2.18. The van der Waals surface area contributed by atoms with Crippen molar-refractivity contribution in [1.82, 2.24) is 0 Å². The highest BCUT2D eigenvalue weighted by atomic mass is 79.9. The van der Waals surface area contributed by atoms with Crippen molar-refractivity contribution in [1.29, 1.82) is 0 Å². The smallest absolute Gasteiger partial charge is 0.387 e. The summed E-state index contributed by atoms with van der Waals surface area (Å²) in [5, 5.41) is 0. The SMILES string of the molecule is Fc1cccc(F)c1CC(Br)c1cccc(OC(F)F)c1. The van der Waals surface area contributed by atoms with Crippen molar-refractivity contribution in [2.24, 2.45) is 0 Å². The van der Waals surface area contributed by atoms with Gasteiger partial charge in [-0.15, -0.1) is 0 Å².